The summed E-state index contributed by atoms with van der Waals surface area (Å²) >= 11 is 0. The number of rotatable bonds is 4. The van der Waals surface area contributed by atoms with Crippen molar-refractivity contribution in [2.45, 2.75) is 19.9 Å². The number of benzene rings is 3. The Labute approximate surface area is 215 Å². The number of anilines is 1. The molecule has 1 aliphatic heterocycles. The third-order valence-electron chi connectivity index (χ3n) is 7.05. The number of carbonyl (C=O) groups is 1. The first kappa shape index (κ1) is 23.0. The average molecular weight is 493 g/mol. The molecule has 0 radical (unpaired) electrons. The second kappa shape index (κ2) is 9.20. The number of amides is 1. The van der Waals surface area contributed by atoms with Crippen LogP contribution < -0.4 is 9.64 Å². The number of fused-ring (bicyclic) bond motifs is 3. The van der Waals surface area contributed by atoms with Gasteiger partial charge in [0.25, 0.3) is 5.91 Å². The third kappa shape index (κ3) is 4.04. The van der Waals surface area contributed by atoms with Gasteiger partial charge in [-0.2, -0.15) is 0 Å². The average Bonchev–Trinajstić information content (AvgIpc) is 3.38. The summed E-state index contributed by atoms with van der Waals surface area (Å²) in [7, 11) is 1.62. The zero-order chi connectivity index (χ0) is 25.5. The quantitative estimate of drug-likeness (QED) is 0.365. The molecule has 1 aliphatic rings. The van der Waals surface area contributed by atoms with Crippen LogP contribution >= 0.6 is 0 Å². The van der Waals surface area contributed by atoms with Gasteiger partial charge in [-0.3, -0.25) is 4.79 Å². The number of aryl methyl sites for hydroxylation is 1. The summed E-state index contributed by atoms with van der Waals surface area (Å²) in [6.45, 7) is 6.04. The Morgan fingerprint density at radius 1 is 0.946 bits per heavy atom. The molecule has 3 aromatic carbocycles. The van der Waals surface area contributed by atoms with Crippen molar-refractivity contribution in [1.29, 1.82) is 0 Å². The molecule has 1 amide bonds. The van der Waals surface area contributed by atoms with Gasteiger partial charge in [0.2, 0.25) is 5.95 Å². The number of aromatic nitrogens is 4. The summed E-state index contributed by atoms with van der Waals surface area (Å²) in [5.74, 6) is 2.31. The first-order chi connectivity index (χ1) is 18.0. The van der Waals surface area contributed by atoms with Crippen molar-refractivity contribution < 1.29 is 9.53 Å². The summed E-state index contributed by atoms with van der Waals surface area (Å²) in [5.41, 5.74) is 4.48. The number of para-hydroxylation sites is 1. The van der Waals surface area contributed by atoms with E-state index in [0.717, 1.165) is 39.6 Å². The van der Waals surface area contributed by atoms with E-state index in [1.54, 1.807) is 7.11 Å². The SMILES string of the molecule is COc1ccc(C(=O)N2CCN(c3nc4ccccc4c4nnc(-c5ccc(C)cc5)n34)CC2C)cc1. The molecule has 1 saturated heterocycles. The summed E-state index contributed by atoms with van der Waals surface area (Å²) < 4.78 is 7.29. The molecule has 1 unspecified atom stereocenters. The minimum atomic E-state index is -0.00835. The standard InChI is InChI=1S/C29H28N6O2/c1-19-8-10-21(11-9-19)26-31-32-27-24-6-4-5-7-25(24)30-29(35(26)27)33-16-17-34(20(2)18-33)28(36)22-12-14-23(37-3)15-13-22/h4-15,20H,16-18H2,1-3H3. The van der Waals surface area contributed by atoms with E-state index in [9.17, 15) is 4.79 Å². The van der Waals surface area contributed by atoms with Crippen LogP contribution in [0.25, 0.3) is 27.9 Å². The van der Waals surface area contributed by atoms with Crippen molar-refractivity contribution in [1.82, 2.24) is 24.5 Å². The molecule has 0 bridgehead atoms. The second-order valence-corrected chi connectivity index (χ2v) is 9.50. The van der Waals surface area contributed by atoms with Crippen LogP contribution in [0.3, 0.4) is 0 Å². The fraction of sp³-hybridized carbons (Fsp3) is 0.241. The molecule has 37 heavy (non-hydrogen) atoms. The molecular weight excluding hydrogens is 464 g/mol. The van der Waals surface area contributed by atoms with Crippen LogP contribution in [0.15, 0.2) is 72.8 Å². The van der Waals surface area contributed by atoms with Crippen LogP contribution in [0.2, 0.25) is 0 Å². The predicted octanol–water partition coefficient (Wildman–Crippen LogP) is 4.61. The van der Waals surface area contributed by atoms with Gasteiger partial charge in [-0.15, -0.1) is 10.2 Å². The summed E-state index contributed by atoms with van der Waals surface area (Å²) in [5, 5.41) is 10.1. The van der Waals surface area contributed by atoms with Crippen molar-refractivity contribution >= 4 is 28.4 Å². The molecule has 8 heteroatoms. The highest BCUT2D eigenvalue weighted by molar-refractivity contribution is 5.95. The van der Waals surface area contributed by atoms with Crippen LogP contribution in [0.1, 0.15) is 22.8 Å². The monoisotopic (exact) mass is 492 g/mol. The van der Waals surface area contributed by atoms with Gasteiger partial charge < -0.3 is 14.5 Å². The number of hydrogen-bond donors (Lipinski definition) is 0. The molecule has 2 aromatic heterocycles. The van der Waals surface area contributed by atoms with E-state index in [2.05, 4.69) is 57.6 Å². The van der Waals surface area contributed by atoms with Crippen LogP contribution in [-0.4, -0.2) is 63.2 Å². The zero-order valence-electron chi connectivity index (χ0n) is 21.1. The van der Waals surface area contributed by atoms with Crippen LogP contribution in [0.4, 0.5) is 5.95 Å². The topological polar surface area (TPSA) is 75.9 Å². The van der Waals surface area contributed by atoms with Crippen molar-refractivity contribution in [2.75, 3.05) is 31.6 Å². The second-order valence-electron chi connectivity index (χ2n) is 9.50. The van der Waals surface area contributed by atoms with E-state index in [0.29, 0.717) is 25.2 Å². The van der Waals surface area contributed by atoms with Crippen molar-refractivity contribution in [3.63, 3.8) is 0 Å². The minimum Gasteiger partial charge on any atom is -0.497 e. The van der Waals surface area contributed by atoms with E-state index < -0.39 is 0 Å². The number of carbonyl (C=O) groups excluding carboxylic acids is 1. The van der Waals surface area contributed by atoms with Crippen molar-refractivity contribution in [3.8, 4) is 17.1 Å². The Morgan fingerprint density at radius 2 is 1.70 bits per heavy atom. The van der Waals surface area contributed by atoms with Crippen LogP contribution in [0, 0.1) is 6.92 Å². The lowest BCUT2D eigenvalue weighted by Crippen LogP contribution is -2.54. The molecular formula is C29H28N6O2. The molecule has 5 aromatic rings. The molecule has 3 heterocycles. The lowest BCUT2D eigenvalue weighted by molar-refractivity contribution is 0.0673. The maximum atomic E-state index is 13.3. The maximum Gasteiger partial charge on any atom is 0.254 e. The van der Waals surface area contributed by atoms with Gasteiger partial charge in [-0.05, 0) is 50.2 Å². The lowest BCUT2D eigenvalue weighted by atomic mass is 10.1. The highest BCUT2D eigenvalue weighted by Gasteiger charge is 2.31. The maximum absolute atomic E-state index is 13.3. The summed E-state index contributed by atoms with van der Waals surface area (Å²) in [6.07, 6.45) is 0. The largest absolute Gasteiger partial charge is 0.497 e. The van der Waals surface area contributed by atoms with E-state index in [4.69, 9.17) is 9.72 Å². The predicted molar refractivity (Wildman–Crippen MR) is 144 cm³/mol. The zero-order valence-corrected chi connectivity index (χ0v) is 21.1. The van der Waals surface area contributed by atoms with Crippen molar-refractivity contribution in [3.05, 3.63) is 83.9 Å². The van der Waals surface area contributed by atoms with Crippen molar-refractivity contribution in [2.24, 2.45) is 0 Å². The smallest absolute Gasteiger partial charge is 0.254 e. The number of nitrogens with zero attached hydrogens (tertiary/aromatic N) is 6. The first-order valence-corrected chi connectivity index (χ1v) is 12.4. The molecule has 0 saturated carbocycles. The normalized spacial score (nSPS) is 15.9. The molecule has 0 aliphatic carbocycles. The molecule has 186 valence electrons. The molecule has 6 rings (SSSR count). The van der Waals surface area contributed by atoms with Gasteiger partial charge in [0.05, 0.1) is 12.6 Å². The van der Waals surface area contributed by atoms with Gasteiger partial charge in [0.15, 0.2) is 11.5 Å². The van der Waals surface area contributed by atoms with E-state index in [-0.39, 0.29) is 11.9 Å². The highest BCUT2D eigenvalue weighted by atomic mass is 16.5. The number of piperazine rings is 1. The van der Waals surface area contributed by atoms with Gasteiger partial charge >= 0.3 is 0 Å². The van der Waals surface area contributed by atoms with Gasteiger partial charge in [-0.25, -0.2) is 9.38 Å². The Balaban J connectivity index is 1.37. The van der Waals surface area contributed by atoms with E-state index in [1.165, 1.54) is 5.56 Å². The summed E-state index contributed by atoms with van der Waals surface area (Å²) in [4.78, 5) is 22.5. The minimum absolute atomic E-state index is 0.00835. The molecule has 8 nitrogen and oxygen atoms in total. The number of methoxy groups -OCH3 is 1. The Bertz CT molecular complexity index is 1590. The van der Waals surface area contributed by atoms with E-state index in [1.807, 2.05) is 53.4 Å². The highest BCUT2D eigenvalue weighted by Crippen LogP contribution is 2.30. The van der Waals surface area contributed by atoms with Crippen LogP contribution in [-0.2, 0) is 0 Å². The Hall–Kier alpha value is -4.46. The van der Waals surface area contributed by atoms with Gasteiger partial charge in [-0.1, -0.05) is 42.0 Å². The number of ether oxygens (including phenoxy) is 1. The summed E-state index contributed by atoms with van der Waals surface area (Å²) in [6, 6.07) is 23.6. The molecule has 0 spiro atoms. The third-order valence-corrected chi connectivity index (χ3v) is 7.05. The lowest BCUT2D eigenvalue weighted by Gasteiger charge is -2.40. The Kier molecular flexibility index (Phi) is 5.71. The fourth-order valence-electron chi connectivity index (χ4n) is 5.01. The molecule has 1 fully saturated rings. The molecule has 0 N–H and O–H groups in total. The fourth-order valence-corrected chi connectivity index (χ4v) is 5.01. The first-order valence-electron chi connectivity index (χ1n) is 12.4. The number of hydrogen-bond acceptors (Lipinski definition) is 6. The van der Waals surface area contributed by atoms with E-state index >= 15 is 0 Å². The van der Waals surface area contributed by atoms with Gasteiger partial charge in [0, 0.05) is 42.2 Å². The van der Waals surface area contributed by atoms with Crippen LogP contribution in [0.5, 0.6) is 5.75 Å². The molecule has 1 atom stereocenters. The van der Waals surface area contributed by atoms with Gasteiger partial charge in [0.1, 0.15) is 5.75 Å². The Morgan fingerprint density at radius 3 is 2.43 bits per heavy atom.